The Bertz CT molecular complexity index is 3950. The molecule has 0 radical (unpaired) electrons. The first-order valence-electron chi connectivity index (χ1n) is 41.9. The number of carbonyl (C=O) groups excluding carboxylic acids is 4. The topological polar surface area (TPSA) is 423 Å². The number of allylic oxidation sites excluding steroid dienone is 6. The molecule has 3 atom stereocenters. The molecule has 0 saturated heterocycles. The van der Waals surface area contributed by atoms with Crippen molar-refractivity contribution < 1.29 is 231 Å². The van der Waals surface area contributed by atoms with Gasteiger partial charge in [0.15, 0.2) is 11.8 Å². The van der Waals surface area contributed by atoms with Crippen molar-refractivity contribution in [3.05, 3.63) is 83.6 Å². The zero-order valence-electron chi connectivity index (χ0n) is 72.8. The Morgan fingerprint density at radius 3 is 1.50 bits per heavy atom. The molecule has 119 heavy (non-hydrogen) atoms. The number of nitrogens with one attached hydrogen (secondary N) is 2. The van der Waals surface area contributed by atoms with Crippen molar-refractivity contribution in [1.82, 2.24) is 10.6 Å². The number of anilines is 1. The van der Waals surface area contributed by atoms with Crippen LogP contribution in [0.3, 0.4) is 0 Å². The average molecular weight is 1810 g/mol. The van der Waals surface area contributed by atoms with Crippen molar-refractivity contribution in [1.29, 1.82) is 0 Å². The van der Waals surface area contributed by atoms with Gasteiger partial charge in [-0.05, 0) is 94.8 Å². The molecule has 4 rings (SSSR count). The van der Waals surface area contributed by atoms with Crippen molar-refractivity contribution in [3.8, 4) is 0 Å². The summed E-state index contributed by atoms with van der Waals surface area (Å²) in [6.45, 7) is 7.90. The fraction of sp³-hybridized carbons (Fsp3) is 0.720. The van der Waals surface area contributed by atoms with Gasteiger partial charge in [-0.1, -0.05) is 225 Å². The molecule has 37 heteroatoms. The third-order valence-electron chi connectivity index (χ3n) is 20.8. The number of amides is 2. The van der Waals surface area contributed by atoms with Crippen molar-refractivity contribution in [3.63, 3.8) is 0 Å². The smallest absolute Gasteiger partial charge is 0.756 e. The van der Waals surface area contributed by atoms with E-state index < -0.39 is 124 Å². The van der Waals surface area contributed by atoms with E-state index in [1.807, 2.05) is 6.92 Å². The van der Waals surface area contributed by atoms with E-state index >= 15 is 0 Å². The molecule has 2 heterocycles. The minimum atomic E-state index is -5.01. The first-order chi connectivity index (χ1) is 54.6. The quantitative estimate of drug-likeness (QED) is 0.0140. The monoisotopic (exact) mass is 1810 g/mol. The number of hydrogen-bond donors (Lipinski definition) is 2. The number of ether oxygens (including phenoxy) is 4. The molecular weight excluding hydrogens is 1680 g/mol. The molecule has 2 amide bonds. The van der Waals surface area contributed by atoms with Crippen LogP contribution >= 0.6 is 7.82 Å². The summed E-state index contributed by atoms with van der Waals surface area (Å²) < 4.78 is 190. The van der Waals surface area contributed by atoms with Gasteiger partial charge >= 0.3 is 136 Å². The summed E-state index contributed by atoms with van der Waals surface area (Å²) in [5, 5.41) is 5.12. The Morgan fingerprint density at radius 2 is 0.983 bits per heavy atom. The van der Waals surface area contributed by atoms with Gasteiger partial charge in [0.1, 0.15) is 40.0 Å². The molecule has 2 aromatic carbocycles. The Hall–Kier alpha value is -1.48. The zero-order valence-corrected chi connectivity index (χ0v) is 84.9. The molecule has 0 spiro atoms. The van der Waals surface area contributed by atoms with Gasteiger partial charge in [0, 0.05) is 91.3 Å². The number of phosphoric acid groups is 1. The van der Waals surface area contributed by atoms with Gasteiger partial charge in [0.25, 0.3) is 7.82 Å². The van der Waals surface area contributed by atoms with Gasteiger partial charge in [-0.25, -0.2) is 38.5 Å². The van der Waals surface area contributed by atoms with Crippen LogP contribution in [0.2, 0.25) is 0 Å². The maximum Gasteiger partial charge on any atom is 1.00 e. The molecule has 2 N–H and O–H groups in total. The largest absolute Gasteiger partial charge is 1.00 e. The minimum Gasteiger partial charge on any atom is -0.756 e. The second-order valence-corrected chi connectivity index (χ2v) is 38.0. The van der Waals surface area contributed by atoms with E-state index in [1.165, 1.54) is 159 Å². The normalized spacial score (nSPS) is 15.6. The molecule has 0 aliphatic carbocycles. The standard InChI is InChI=1S/C82H135N4O24PS4.4Na/c1-6-8-10-12-14-16-18-20-22-24-26-28-30-32-39-47-78(88)107-66-68(110-79(89)48-40-33-31-29-27-25-23-21-19-17-15-13-11-9-7-2)67-109-111(91,92)108-59-55-84-80(90)106-61-60-105-58-54-83-77(87)46-38-35-41-53-82(5)72-65-70(115(102,103)104)50-52-74(72)86(57-43-63-113(96,97)98)76(82)45-37-34-36-44-75-81(3,4)71-64-69(114(99,100)101)49-51-73(71)85(75)56-42-62-112(93,94)95;;;;/h34,36-37,44-45,49-52,64-65,68H,6-33,35,38-43,46-48,53-63,66-67H2,1-5H3,(H6-,83,84,87,90,91,92,93,94,95,96,97,98,99,100,101,102,103,104);;;;/q;4*+1/p-4/t68-,82?;;;;/m1..../s1. The predicted molar refractivity (Wildman–Crippen MR) is 437 cm³/mol. The van der Waals surface area contributed by atoms with E-state index in [0.717, 1.165) is 57.1 Å². The molecule has 2 aliphatic heterocycles. The van der Waals surface area contributed by atoms with Crippen LogP contribution in [0.4, 0.5) is 16.2 Å². The summed E-state index contributed by atoms with van der Waals surface area (Å²) in [6, 6.07) is 7.72. The predicted octanol–water partition coefficient (Wildman–Crippen LogP) is 2.82. The van der Waals surface area contributed by atoms with Gasteiger partial charge < -0.3 is 66.6 Å². The van der Waals surface area contributed by atoms with E-state index in [2.05, 4.69) is 24.5 Å². The Labute approximate surface area is 800 Å². The van der Waals surface area contributed by atoms with Crippen molar-refractivity contribution >= 4 is 89.3 Å². The Kier molecular flexibility index (Phi) is 63.5. The molecular formula is C82H131N4Na4O24PS4. The van der Waals surface area contributed by atoms with Gasteiger partial charge in [0.05, 0.1) is 61.9 Å². The van der Waals surface area contributed by atoms with Crippen LogP contribution in [0, 0.1) is 0 Å². The van der Waals surface area contributed by atoms with Crippen molar-refractivity contribution in [2.45, 2.75) is 312 Å². The van der Waals surface area contributed by atoms with Crippen LogP contribution < -0.4 is 139 Å². The SMILES string of the molecule is CCCCCCCCCCCCCCCCCC(=O)OC[C@H](COP(=O)([O-])OCCNC(=O)OCCOCCNC(=O)CCCCCC1(C)/C(=C/C=C/C=C/C2=[N+](CCCS(=O)(=O)[O-])c3ccc(S(=O)(=O)[O-])cc3C2(C)C)N(CCCS(=O)(=O)[O-])c2ccc(S(=O)(=O)[O-])cc21)OC(=O)CCCCCCCCCCCCCCCCC.[Na+].[Na+].[Na+].[Na+]. The number of nitrogens with zero attached hydrogens (tertiary/aromatic N) is 2. The van der Waals surface area contributed by atoms with E-state index in [9.17, 15) is 80.5 Å². The van der Waals surface area contributed by atoms with E-state index in [4.69, 9.17) is 28.0 Å². The van der Waals surface area contributed by atoms with Crippen LogP contribution in [-0.4, -0.2) is 170 Å². The third-order valence-corrected chi connectivity index (χ3v) is 25.0. The summed E-state index contributed by atoms with van der Waals surface area (Å²) >= 11 is 0. The number of rotatable bonds is 67. The number of benzene rings is 2. The van der Waals surface area contributed by atoms with Gasteiger partial charge in [-0.2, -0.15) is 4.58 Å². The molecule has 0 fully saturated rings. The average Bonchev–Trinajstić information content (AvgIpc) is 1.59. The van der Waals surface area contributed by atoms with Gasteiger partial charge in [-0.15, -0.1) is 0 Å². The van der Waals surface area contributed by atoms with Crippen LogP contribution in [0.5, 0.6) is 0 Å². The van der Waals surface area contributed by atoms with Gasteiger partial charge in [-0.3, -0.25) is 18.9 Å². The molecule has 28 nitrogen and oxygen atoms in total. The number of carbonyl (C=O) groups is 4. The zero-order chi connectivity index (χ0) is 84.7. The van der Waals surface area contributed by atoms with Gasteiger partial charge in [0.2, 0.25) is 11.6 Å². The van der Waals surface area contributed by atoms with Crippen LogP contribution in [0.25, 0.3) is 0 Å². The third kappa shape index (κ3) is 50.2. The summed E-state index contributed by atoms with van der Waals surface area (Å²) in [5.74, 6) is -2.74. The fourth-order valence-electron chi connectivity index (χ4n) is 14.5. The molecule has 0 saturated carbocycles. The molecule has 0 aromatic heterocycles. The number of phosphoric ester groups is 1. The van der Waals surface area contributed by atoms with Crippen molar-refractivity contribution in [2.24, 2.45) is 0 Å². The number of hydrogen-bond acceptors (Lipinski definition) is 25. The maximum absolute atomic E-state index is 13.0. The minimum absolute atomic E-state index is 0. The van der Waals surface area contributed by atoms with Crippen LogP contribution in [-0.2, 0) is 98.2 Å². The molecule has 656 valence electrons. The summed E-state index contributed by atoms with van der Waals surface area (Å²) in [4.78, 5) is 64.7. The number of fused-ring (bicyclic) bond motifs is 2. The second-order valence-electron chi connectivity index (χ2n) is 30.8. The maximum atomic E-state index is 13.0. The fourth-order valence-corrected chi connectivity index (χ4v) is 17.2. The Balaban J connectivity index is 0.0000348. The molecule has 2 aliphatic rings. The number of alkyl carbamates (subject to hydrolysis) is 1. The van der Waals surface area contributed by atoms with Crippen molar-refractivity contribution in [2.75, 3.05) is 82.2 Å². The second kappa shape index (κ2) is 64.3. The first-order valence-corrected chi connectivity index (χ1v) is 49.3. The van der Waals surface area contributed by atoms with Crippen LogP contribution in [0.1, 0.15) is 296 Å². The number of unbranched alkanes of at least 4 members (excludes halogenated alkanes) is 30. The van der Waals surface area contributed by atoms with E-state index in [-0.39, 0.29) is 202 Å². The first kappa shape index (κ1) is 118. The summed E-state index contributed by atoms with van der Waals surface area (Å²) in [5.41, 5.74) is 1.00. The Morgan fingerprint density at radius 1 is 0.513 bits per heavy atom. The van der Waals surface area contributed by atoms with Crippen LogP contribution in [0.15, 0.2) is 82.3 Å². The van der Waals surface area contributed by atoms with E-state index in [1.54, 1.807) is 53.7 Å². The molecule has 2 unspecified atom stereocenters. The van der Waals surface area contributed by atoms with E-state index in [0.29, 0.717) is 72.4 Å². The molecule has 2 aromatic rings. The molecule has 0 bridgehead atoms. The summed E-state index contributed by atoms with van der Waals surface area (Å²) in [7, 11) is -24.1. The summed E-state index contributed by atoms with van der Waals surface area (Å²) in [6.07, 6.45) is 43.4. The number of esters is 2.